The minimum atomic E-state index is 0. The molecule has 3 heteroatoms. The molecule has 2 aliphatic carbocycles. The first-order chi connectivity index (χ1) is 6.34. The van der Waals surface area contributed by atoms with Crippen LogP contribution >= 0.6 is 0 Å². The molecular formula is C11H10FeN2+2. The molecule has 0 atom stereocenters. The van der Waals surface area contributed by atoms with E-state index < -0.39 is 0 Å². The first-order valence-corrected chi connectivity index (χ1v) is 3.92. The van der Waals surface area contributed by atoms with Gasteiger partial charge in [0, 0.05) is 0 Å². The molecule has 2 nitrogen and oxygen atoms in total. The zero-order chi connectivity index (χ0) is 9.52. The van der Waals surface area contributed by atoms with E-state index in [1.165, 1.54) is 0 Å². The van der Waals surface area contributed by atoms with Crippen molar-refractivity contribution in [1.29, 1.82) is 5.26 Å². The van der Waals surface area contributed by atoms with Gasteiger partial charge in [0.25, 0.3) is 0 Å². The summed E-state index contributed by atoms with van der Waals surface area (Å²) in [4.78, 5) is 0. The summed E-state index contributed by atoms with van der Waals surface area (Å²) in [6.45, 7) is 0. The summed E-state index contributed by atoms with van der Waals surface area (Å²) >= 11 is 0. The topological polar surface area (TPSA) is 49.8 Å². The van der Waals surface area contributed by atoms with E-state index in [9.17, 15) is 0 Å². The van der Waals surface area contributed by atoms with Gasteiger partial charge in [0.05, 0.1) is 12.1 Å². The van der Waals surface area contributed by atoms with Crippen molar-refractivity contribution in [3.63, 3.8) is 0 Å². The standard InChI is InChI=1S/C6H5N2.C5H5.Fe/c7-4-5-2-1-3-6(5)8;1-2-4-5-3-1;/h1-3H,8H2;1-5H;/q;;+2. The van der Waals surface area contributed by atoms with Gasteiger partial charge in [0.2, 0.25) is 0 Å². The van der Waals surface area contributed by atoms with Crippen molar-refractivity contribution in [2.24, 2.45) is 5.73 Å². The van der Waals surface area contributed by atoms with Crippen molar-refractivity contribution in [2.45, 2.75) is 0 Å². The molecule has 0 bridgehead atoms. The summed E-state index contributed by atoms with van der Waals surface area (Å²) in [6.07, 6.45) is 15.2. The Hall–Kier alpha value is -0.0305. The van der Waals surface area contributed by atoms with Gasteiger partial charge in [0.15, 0.2) is 0 Å². The fourth-order valence-corrected chi connectivity index (χ4v) is 0.857. The van der Waals surface area contributed by atoms with Gasteiger partial charge in [-0.05, 0) is 51.4 Å². The molecule has 2 rings (SSSR count). The van der Waals surface area contributed by atoms with E-state index in [0.29, 0.717) is 12.0 Å². The average Bonchev–Trinajstić information content (AvgIpc) is 2.76. The van der Waals surface area contributed by atoms with Crippen LogP contribution in [0, 0.1) is 74.7 Å². The molecule has 2 saturated carbocycles. The van der Waals surface area contributed by atoms with Crippen LogP contribution in [-0.4, -0.2) is 0 Å². The van der Waals surface area contributed by atoms with E-state index in [2.05, 4.69) is 0 Å². The van der Waals surface area contributed by atoms with Crippen molar-refractivity contribution in [2.75, 3.05) is 0 Å². The molecule has 0 aliphatic heterocycles. The Morgan fingerprint density at radius 3 is 1.64 bits per heavy atom. The third-order valence-corrected chi connectivity index (χ3v) is 1.53. The first-order valence-electron chi connectivity index (χ1n) is 3.92. The Bertz CT molecular complexity index is 165. The number of nitrogens with zero attached hydrogens (tertiary/aromatic N) is 1. The van der Waals surface area contributed by atoms with Gasteiger partial charge in [-0.1, -0.05) is 0 Å². The molecule has 0 aromatic rings. The molecule has 10 radical (unpaired) electrons. The largest absolute Gasteiger partial charge is 2.00 e. The molecule has 70 valence electrons. The van der Waals surface area contributed by atoms with Gasteiger partial charge in [-0.25, -0.2) is 0 Å². The quantitative estimate of drug-likeness (QED) is 0.631. The van der Waals surface area contributed by atoms with Crippen LogP contribution in [0.25, 0.3) is 0 Å². The van der Waals surface area contributed by atoms with Gasteiger partial charge < -0.3 is 5.73 Å². The second kappa shape index (κ2) is 8.29. The maximum Gasteiger partial charge on any atom is 2.00 e. The molecule has 2 fully saturated rings. The van der Waals surface area contributed by atoms with Crippen molar-refractivity contribution >= 4 is 0 Å². The fourth-order valence-electron chi connectivity index (χ4n) is 0.857. The summed E-state index contributed by atoms with van der Waals surface area (Å²) in [7, 11) is 0. The van der Waals surface area contributed by atoms with E-state index >= 15 is 0 Å². The number of hydrogen-bond donors (Lipinski definition) is 1. The summed E-state index contributed by atoms with van der Waals surface area (Å²) in [5.41, 5.74) is 5.33. The molecule has 0 spiro atoms. The van der Waals surface area contributed by atoms with E-state index in [1.54, 1.807) is 19.3 Å². The number of nitrogens with two attached hydrogens (primary N) is 1. The second-order valence-electron chi connectivity index (χ2n) is 2.47. The van der Waals surface area contributed by atoms with Crippen molar-refractivity contribution in [3.05, 3.63) is 63.3 Å². The number of rotatable bonds is 0. The van der Waals surface area contributed by atoms with Crippen LogP contribution in [0.4, 0.5) is 0 Å². The second-order valence-corrected chi connectivity index (χ2v) is 2.47. The van der Waals surface area contributed by atoms with Gasteiger partial charge in [-0.15, -0.1) is 0 Å². The SMILES string of the molecule is N#C[C]1[CH][CH][CH][C]1N.[CH]1[CH][CH][CH][CH]1.[Fe+2]. The van der Waals surface area contributed by atoms with Crippen LogP contribution in [0.15, 0.2) is 0 Å². The van der Waals surface area contributed by atoms with Crippen LogP contribution in [0.3, 0.4) is 0 Å². The van der Waals surface area contributed by atoms with E-state index in [1.807, 2.05) is 38.2 Å². The molecule has 14 heavy (non-hydrogen) atoms. The molecule has 0 unspecified atom stereocenters. The number of hydrogen-bond acceptors (Lipinski definition) is 2. The number of nitriles is 1. The van der Waals surface area contributed by atoms with Crippen molar-refractivity contribution < 1.29 is 17.1 Å². The Morgan fingerprint density at radius 2 is 1.43 bits per heavy atom. The van der Waals surface area contributed by atoms with E-state index in [4.69, 9.17) is 11.0 Å². The van der Waals surface area contributed by atoms with E-state index in [0.717, 1.165) is 0 Å². The summed E-state index contributed by atoms with van der Waals surface area (Å²) in [5.74, 6) is 0.560. The van der Waals surface area contributed by atoms with Crippen LogP contribution in [0.1, 0.15) is 0 Å². The van der Waals surface area contributed by atoms with E-state index in [-0.39, 0.29) is 17.1 Å². The van der Waals surface area contributed by atoms with Crippen LogP contribution in [0.5, 0.6) is 0 Å². The fraction of sp³-hybridized carbons (Fsp3) is 0. The maximum absolute atomic E-state index is 8.28. The van der Waals surface area contributed by atoms with Crippen molar-refractivity contribution in [3.8, 4) is 6.07 Å². The molecule has 0 heterocycles. The Balaban J connectivity index is 0.000000246. The van der Waals surface area contributed by atoms with Gasteiger partial charge >= 0.3 is 17.1 Å². The predicted molar refractivity (Wildman–Crippen MR) is 50.7 cm³/mol. The maximum atomic E-state index is 8.28. The smallest absolute Gasteiger partial charge is 0.322 e. The van der Waals surface area contributed by atoms with Crippen LogP contribution in [-0.2, 0) is 17.1 Å². The normalized spacial score (nSPS) is 22.0. The average molecular weight is 226 g/mol. The minimum Gasteiger partial charge on any atom is -0.322 e. The molecule has 2 N–H and O–H groups in total. The summed E-state index contributed by atoms with van der Waals surface area (Å²) in [6, 6.07) is 2.51. The molecular weight excluding hydrogens is 216 g/mol. The molecule has 0 amide bonds. The van der Waals surface area contributed by atoms with Crippen LogP contribution in [0.2, 0.25) is 0 Å². The minimum absolute atomic E-state index is 0. The molecule has 0 saturated heterocycles. The third kappa shape index (κ3) is 5.00. The molecule has 2 aliphatic rings. The monoisotopic (exact) mass is 226 g/mol. The molecule has 0 aromatic heterocycles. The zero-order valence-corrected chi connectivity index (χ0v) is 8.60. The zero-order valence-electron chi connectivity index (χ0n) is 7.50. The predicted octanol–water partition coefficient (Wildman–Crippen LogP) is 1.22. The first kappa shape index (κ1) is 14.0. The van der Waals surface area contributed by atoms with Gasteiger partial charge in [0.1, 0.15) is 5.92 Å². The van der Waals surface area contributed by atoms with Crippen molar-refractivity contribution in [1.82, 2.24) is 0 Å². The molecule has 0 aromatic carbocycles. The van der Waals surface area contributed by atoms with Gasteiger partial charge in [-0.3, -0.25) is 0 Å². The van der Waals surface area contributed by atoms with Gasteiger partial charge in [-0.2, -0.15) is 5.26 Å². The summed E-state index contributed by atoms with van der Waals surface area (Å²) < 4.78 is 0. The Labute approximate surface area is 97.7 Å². The third-order valence-electron chi connectivity index (χ3n) is 1.53. The Kier molecular flexibility index (Phi) is 8.27. The Morgan fingerprint density at radius 1 is 0.929 bits per heavy atom. The summed E-state index contributed by atoms with van der Waals surface area (Å²) in [5, 5.41) is 8.28. The van der Waals surface area contributed by atoms with Crippen LogP contribution < -0.4 is 5.73 Å².